The number of aldehydes is 1. The summed E-state index contributed by atoms with van der Waals surface area (Å²) < 4.78 is 10.6. The van der Waals surface area contributed by atoms with Crippen LogP contribution in [0.4, 0.5) is 4.79 Å². The third-order valence-corrected chi connectivity index (χ3v) is 3.23. The summed E-state index contributed by atoms with van der Waals surface area (Å²) in [6.45, 7) is 6.17. The molecule has 1 fully saturated rings. The minimum Gasteiger partial charge on any atom is -0.410 e. The fourth-order valence-electron chi connectivity index (χ4n) is 2.02. The van der Waals surface area contributed by atoms with Crippen molar-refractivity contribution in [3.8, 4) is 5.75 Å². The zero-order chi connectivity index (χ0) is 14.5. The second kappa shape index (κ2) is 6.52. The average Bonchev–Trinajstić information content (AvgIpc) is 2.47. The highest BCUT2D eigenvalue weighted by molar-refractivity contribution is 5.77. The third-order valence-electron chi connectivity index (χ3n) is 3.23. The molecule has 1 amide bonds. The zero-order valence-corrected chi connectivity index (χ0v) is 11.8. The standard InChI is InChI=1S/C15H19NO4/c1-11(2)13-7-12(10-17)8-14(9-13)20-15(18)16-3-5-19-6-4-16/h7-11H,3-6H2,1-2H3. The Morgan fingerprint density at radius 1 is 1.30 bits per heavy atom. The average molecular weight is 277 g/mol. The van der Waals surface area contributed by atoms with E-state index in [4.69, 9.17) is 9.47 Å². The number of nitrogens with zero attached hydrogens (tertiary/aromatic N) is 1. The lowest BCUT2D eigenvalue weighted by atomic mass is 10.0. The summed E-state index contributed by atoms with van der Waals surface area (Å²) in [5.74, 6) is 0.672. The number of rotatable bonds is 3. The molecule has 1 aromatic carbocycles. The fourth-order valence-corrected chi connectivity index (χ4v) is 2.02. The first-order valence-corrected chi connectivity index (χ1v) is 6.75. The molecule has 0 spiro atoms. The lowest BCUT2D eigenvalue weighted by molar-refractivity contribution is 0.0416. The van der Waals surface area contributed by atoms with E-state index in [9.17, 15) is 9.59 Å². The largest absolute Gasteiger partial charge is 0.415 e. The van der Waals surface area contributed by atoms with Crippen LogP contribution >= 0.6 is 0 Å². The Hall–Kier alpha value is -1.88. The molecule has 0 aliphatic carbocycles. The minimum atomic E-state index is -0.397. The zero-order valence-electron chi connectivity index (χ0n) is 11.8. The maximum atomic E-state index is 12.0. The molecule has 0 saturated carbocycles. The number of carbonyl (C=O) groups is 2. The van der Waals surface area contributed by atoms with E-state index < -0.39 is 6.09 Å². The van der Waals surface area contributed by atoms with Crippen LogP contribution in [0.3, 0.4) is 0 Å². The molecule has 1 saturated heterocycles. The van der Waals surface area contributed by atoms with Gasteiger partial charge < -0.3 is 14.4 Å². The summed E-state index contributed by atoms with van der Waals surface area (Å²) >= 11 is 0. The lowest BCUT2D eigenvalue weighted by Crippen LogP contribution is -2.42. The van der Waals surface area contributed by atoms with Crippen molar-refractivity contribution in [3.05, 3.63) is 29.3 Å². The molecule has 5 nitrogen and oxygen atoms in total. The lowest BCUT2D eigenvalue weighted by Gasteiger charge is -2.26. The van der Waals surface area contributed by atoms with Gasteiger partial charge in [0.05, 0.1) is 13.2 Å². The topological polar surface area (TPSA) is 55.8 Å². The fraction of sp³-hybridized carbons (Fsp3) is 0.467. The first-order chi connectivity index (χ1) is 9.60. The van der Waals surface area contributed by atoms with E-state index in [0.717, 1.165) is 11.8 Å². The smallest absolute Gasteiger partial charge is 0.410 e. The Bertz CT molecular complexity index is 493. The molecule has 2 rings (SSSR count). The highest BCUT2D eigenvalue weighted by Crippen LogP contribution is 2.23. The highest BCUT2D eigenvalue weighted by atomic mass is 16.6. The molecule has 1 aliphatic rings. The first kappa shape index (κ1) is 14.5. The minimum absolute atomic E-state index is 0.260. The van der Waals surface area contributed by atoms with Gasteiger partial charge in [0.15, 0.2) is 0 Å². The predicted molar refractivity (Wildman–Crippen MR) is 74.3 cm³/mol. The van der Waals surface area contributed by atoms with E-state index in [1.54, 1.807) is 17.0 Å². The van der Waals surface area contributed by atoms with Gasteiger partial charge in [0.2, 0.25) is 0 Å². The molecule has 1 aliphatic heterocycles. The van der Waals surface area contributed by atoms with E-state index in [1.165, 1.54) is 0 Å². The maximum Gasteiger partial charge on any atom is 0.415 e. The maximum absolute atomic E-state index is 12.0. The van der Waals surface area contributed by atoms with Crippen molar-refractivity contribution < 1.29 is 19.1 Å². The summed E-state index contributed by atoms with van der Waals surface area (Å²) in [4.78, 5) is 24.6. The van der Waals surface area contributed by atoms with Crippen molar-refractivity contribution >= 4 is 12.4 Å². The van der Waals surface area contributed by atoms with Gasteiger partial charge in [-0.05, 0) is 29.7 Å². The molecular formula is C15H19NO4. The van der Waals surface area contributed by atoms with E-state index in [1.807, 2.05) is 19.9 Å². The second-order valence-corrected chi connectivity index (χ2v) is 5.08. The SMILES string of the molecule is CC(C)c1cc(C=O)cc(OC(=O)N2CCOCC2)c1. The summed E-state index contributed by atoms with van der Waals surface area (Å²) in [6, 6.07) is 5.19. The van der Waals surface area contributed by atoms with Crippen LogP contribution in [0.1, 0.15) is 35.7 Å². The van der Waals surface area contributed by atoms with Crippen LogP contribution in [-0.4, -0.2) is 43.6 Å². The Kier molecular flexibility index (Phi) is 4.74. The van der Waals surface area contributed by atoms with E-state index in [0.29, 0.717) is 37.6 Å². The quantitative estimate of drug-likeness (QED) is 0.796. The first-order valence-electron chi connectivity index (χ1n) is 6.75. The molecule has 5 heteroatoms. The number of carbonyl (C=O) groups excluding carboxylic acids is 2. The highest BCUT2D eigenvalue weighted by Gasteiger charge is 2.19. The Morgan fingerprint density at radius 3 is 2.60 bits per heavy atom. The van der Waals surface area contributed by atoms with Gasteiger partial charge in [-0.2, -0.15) is 0 Å². The van der Waals surface area contributed by atoms with Gasteiger partial charge in [-0.25, -0.2) is 4.79 Å². The predicted octanol–water partition coefficient (Wildman–Crippen LogP) is 2.45. The molecule has 1 heterocycles. The normalized spacial score (nSPS) is 15.2. The van der Waals surface area contributed by atoms with Crippen molar-refractivity contribution in [2.75, 3.05) is 26.3 Å². The van der Waals surface area contributed by atoms with Gasteiger partial charge in [-0.3, -0.25) is 4.79 Å². The number of ether oxygens (including phenoxy) is 2. The van der Waals surface area contributed by atoms with Crippen molar-refractivity contribution in [2.45, 2.75) is 19.8 Å². The summed E-state index contributed by atoms with van der Waals surface area (Å²) in [5.41, 5.74) is 1.49. The van der Waals surface area contributed by atoms with Crippen molar-refractivity contribution in [2.24, 2.45) is 0 Å². The molecule has 0 N–H and O–H groups in total. The van der Waals surface area contributed by atoms with Gasteiger partial charge in [0.1, 0.15) is 12.0 Å². The molecule has 0 bridgehead atoms. The monoisotopic (exact) mass is 277 g/mol. The Morgan fingerprint density at radius 2 is 2.00 bits per heavy atom. The summed E-state index contributed by atoms with van der Waals surface area (Å²) in [5, 5.41) is 0. The molecule has 0 aromatic heterocycles. The molecule has 0 unspecified atom stereocenters. The molecule has 0 atom stereocenters. The number of hydrogen-bond donors (Lipinski definition) is 0. The van der Waals surface area contributed by atoms with Gasteiger partial charge in [0, 0.05) is 18.7 Å². The van der Waals surface area contributed by atoms with Crippen molar-refractivity contribution in [3.63, 3.8) is 0 Å². The Labute approximate surface area is 118 Å². The number of amides is 1. The van der Waals surface area contributed by atoms with Crippen molar-refractivity contribution in [1.29, 1.82) is 0 Å². The van der Waals surface area contributed by atoms with Crippen LogP contribution in [0.15, 0.2) is 18.2 Å². The number of benzene rings is 1. The van der Waals surface area contributed by atoms with Gasteiger partial charge in [-0.1, -0.05) is 13.8 Å². The number of hydrogen-bond acceptors (Lipinski definition) is 4. The molecule has 20 heavy (non-hydrogen) atoms. The van der Waals surface area contributed by atoms with Crippen LogP contribution in [0.5, 0.6) is 5.75 Å². The van der Waals surface area contributed by atoms with Gasteiger partial charge in [0.25, 0.3) is 0 Å². The Balaban J connectivity index is 2.13. The van der Waals surface area contributed by atoms with E-state index in [2.05, 4.69) is 0 Å². The third kappa shape index (κ3) is 3.57. The van der Waals surface area contributed by atoms with Gasteiger partial charge >= 0.3 is 6.09 Å². The van der Waals surface area contributed by atoms with Crippen LogP contribution in [-0.2, 0) is 4.74 Å². The summed E-state index contributed by atoms with van der Waals surface area (Å²) in [6.07, 6.45) is 0.365. The van der Waals surface area contributed by atoms with Crippen LogP contribution in [0.2, 0.25) is 0 Å². The van der Waals surface area contributed by atoms with Crippen LogP contribution < -0.4 is 4.74 Å². The van der Waals surface area contributed by atoms with Crippen LogP contribution in [0.25, 0.3) is 0 Å². The van der Waals surface area contributed by atoms with E-state index in [-0.39, 0.29) is 5.92 Å². The second-order valence-electron chi connectivity index (χ2n) is 5.08. The molecular weight excluding hydrogens is 258 g/mol. The van der Waals surface area contributed by atoms with E-state index >= 15 is 0 Å². The molecule has 0 radical (unpaired) electrons. The van der Waals surface area contributed by atoms with Gasteiger partial charge in [-0.15, -0.1) is 0 Å². The summed E-state index contributed by atoms with van der Waals surface area (Å²) in [7, 11) is 0. The molecule has 108 valence electrons. The van der Waals surface area contributed by atoms with Crippen molar-refractivity contribution in [1.82, 2.24) is 4.90 Å². The molecule has 1 aromatic rings. The number of morpholine rings is 1. The van der Waals surface area contributed by atoms with Crippen LogP contribution in [0, 0.1) is 0 Å².